The number of nitrogens with one attached hydrogen (secondary N) is 1. The third-order valence-electron chi connectivity index (χ3n) is 4.08. The molecule has 1 aliphatic carbocycles. The van der Waals surface area contributed by atoms with Gasteiger partial charge >= 0.3 is 0 Å². The van der Waals surface area contributed by atoms with Crippen molar-refractivity contribution >= 4 is 21.8 Å². The second-order valence-electron chi connectivity index (χ2n) is 5.64. The van der Waals surface area contributed by atoms with Gasteiger partial charge in [0.05, 0.1) is 5.56 Å². The molecule has 0 heterocycles. The molecule has 0 aromatic heterocycles. The minimum atomic E-state index is 0.0358. The van der Waals surface area contributed by atoms with Crippen LogP contribution in [-0.2, 0) is 0 Å². The standard InChI is InChI=1S/C16H22BrNO/c1-11-8-9-15(17)14(10-11)16(19)18-12(2)13-6-4-3-5-7-13/h8-10,12-13H,3-7H2,1-2H3,(H,18,19). The van der Waals surface area contributed by atoms with Crippen molar-refractivity contribution in [1.82, 2.24) is 5.32 Å². The molecule has 19 heavy (non-hydrogen) atoms. The summed E-state index contributed by atoms with van der Waals surface area (Å²) in [4.78, 5) is 12.3. The van der Waals surface area contributed by atoms with Gasteiger partial charge in [0.15, 0.2) is 0 Å². The first-order valence-corrected chi connectivity index (χ1v) is 7.94. The highest BCUT2D eigenvalue weighted by atomic mass is 79.9. The second-order valence-corrected chi connectivity index (χ2v) is 6.50. The van der Waals surface area contributed by atoms with Crippen LogP contribution in [0.25, 0.3) is 0 Å². The van der Waals surface area contributed by atoms with E-state index in [1.54, 1.807) is 0 Å². The number of benzene rings is 1. The molecule has 0 radical (unpaired) electrons. The lowest BCUT2D eigenvalue weighted by Crippen LogP contribution is -2.39. The number of hydrogen-bond acceptors (Lipinski definition) is 1. The Morgan fingerprint density at radius 2 is 2.00 bits per heavy atom. The van der Waals surface area contributed by atoms with Crippen molar-refractivity contribution < 1.29 is 4.79 Å². The predicted molar refractivity (Wildman–Crippen MR) is 82.4 cm³/mol. The van der Waals surface area contributed by atoms with Crippen LogP contribution in [0.5, 0.6) is 0 Å². The van der Waals surface area contributed by atoms with Crippen LogP contribution in [-0.4, -0.2) is 11.9 Å². The lowest BCUT2D eigenvalue weighted by Gasteiger charge is -2.28. The molecule has 1 aromatic carbocycles. The van der Waals surface area contributed by atoms with E-state index in [1.807, 2.05) is 25.1 Å². The molecule has 1 aliphatic rings. The number of carbonyl (C=O) groups excluding carboxylic acids is 1. The Kier molecular flexibility index (Phi) is 5.03. The summed E-state index contributed by atoms with van der Waals surface area (Å²) >= 11 is 3.46. The zero-order valence-electron chi connectivity index (χ0n) is 11.7. The van der Waals surface area contributed by atoms with Crippen LogP contribution in [0.15, 0.2) is 22.7 Å². The fourth-order valence-corrected chi connectivity index (χ4v) is 3.28. The Balaban J connectivity index is 2.01. The maximum Gasteiger partial charge on any atom is 0.252 e. The van der Waals surface area contributed by atoms with E-state index in [2.05, 4.69) is 28.2 Å². The molecule has 1 aromatic rings. The Morgan fingerprint density at radius 3 is 2.68 bits per heavy atom. The van der Waals surface area contributed by atoms with Crippen molar-refractivity contribution in [2.45, 2.75) is 52.0 Å². The van der Waals surface area contributed by atoms with Gasteiger partial charge in [-0.3, -0.25) is 4.79 Å². The highest BCUT2D eigenvalue weighted by Crippen LogP contribution is 2.27. The summed E-state index contributed by atoms with van der Waals surface area (Å²) in [5.74, 6) is 0.676. The topological polar surface area (TPSA) is 29.1 Å². The van der Waals surface area contributed by atoms with Gasteiger partial charge in [-0.1, -0.05) is 30.9 Å². The van der Waals surface area contributed by atoms with Gasteiger partial charge in [0.2, 0.25) is 0 Å². The summed E-state index contributed by atoms with van der Waals surface area (Å²) in [6, 6.07) is 6.15. The summed E-state index contributed by atoms with van der Waals surface area (Å²) in [5.41, 5.74) is 1.85. The quantitative estimate of drug-likeness (QED) is 0.874. The van der Waals surface area contributed by atoms with Crippen molar-refractivity contribution in [3.8, 4) is 0 Å². The maximum absolute atomic E-state index is 12.3. The summed E-state index contributed by atoms with van der Waals surface area (Å²) in [5, 5.41) is 3.16. The minimum Gasteiger partial charge on any atom is -0.349 e. The molecule has 0 saturated heterocycles. The van der Waals surface area contributed by atoms with E-state index >= 15 is 0 Å². The van der Waals surface area contributed by atoms with Gasteiger partial charge in [-0.2, -0.15) is 0 Å². The average Bonchev–Trinajstić information content (AvgIpc) is 2.42. The summed E-state index contributed by atoms with van der Waals surface area (Å²) in [6.07, 6.45) is 6.45. The first-order valence-electron chi connectivity index (χ1n) is 7.15. The fourth-order valence-electron chi connectivity index (χ4n) is 2.85. The van der Waals surface area contributed by atoms with E-state index < -0.39 is 0 Å². The van der Waals surface area contributed by atoms with Gasteiger partial charge in [-0.05, 0) is 60.7 Å². The largest absolute Gasteiger partial charge is 0.349 e. The normalized spacial score (nSPS) is 18.1. The monoisotopic (exact) mass is 323 g/mol. The van der Waals surface area contributed by atoms with Gasteiger partial charge in [0.1, 0.15) is 0 Å². The molecule has 1 saturated carbocycles. The SMILES string of the molecule is Cc1ccc(Br)c(C(=O)NC(C)C2CCCCC2)c1. The van der Waals surface area contributed by atoms with E-state index in [0.717, 1.165) is 15.6 Å². The zero-order chi connectivity index (χ0) is 13.8. The van der Waals surface area contributed by atoms with Crippen molar-refractivity contribution in [1.29, 1.82) is 0 Å². The summed E-state index contributed by atoms with van der Waals surface area (Å²) in [6.45, 7) is 4.14. The molecule has 0 spiro atoms. The third-order valence-corrected chi connectivity index (χ3v) is 4.77. The number of rotatable bonds is 3. The Morgan fingerprint density at radius 1 is 1.32 bits per heavy atom. The van der Waals surface area contributed by atoms with Gasteiger partial charge in [-0.15, -0.1) is 0 Å². The van der Waals surface area contributed by atoms with Crippen LogP contribution in [0.3, 0.4) is 0 Å². The fraction of sp³-hybridized carbons (Fsp3) is 0.562. The van der Waals surface area contributed by atoms with Crippen molar-refractivity contribution in [3.63, 3.8) is 0 Å². The van der Waals surface area contributed by atoms with Gasteiger partial charge in [-0.25, -0.2) is 0 Å². The molecule has 2 rings (SSSR count). The Bertz CT molecular complexity index is 452. The number of halogens is 1. The molecule has 1 unspecified atom stereocenters. The van der Waals surface area contributed by atoms with Gasteiger partial charge in [0.25, 0.3) is 5.91 Å². The van der Waals surface area contributed by atoms with E-state index in [1.165, 1.54) is 32.1 Å². The Hall–Kier alpha value is -0.830. The highest BCUT2D eigenvalue weighted by molar-refractivity contribution is 9.10. The molecule has 0 bridgehead atoms. The zero-order valence-corrected chi connectivity index (χ0v) is 13.3. The average molecular weight is 324 g/mol. The number of amides is 1. The molecule has 1 fully saturated rings. The number of hydrogen-bond donors (Lipinski definition) is 1. The number of aryl methyl sites for hydroxylation is 1. The molecule has 1 amide bonds. The van der Waals surface area contributed by atoms with Crippen LogP contribution < -0.4 is 5.32 Å². The minimum absolute atomic E-state index is 0.0358. The van der Waals surface area contributed by atoms with Crippen LogP contribution in [0.1, 0.15) is 54.9 Å². The van der Waals surface area contributed by atoms with E-state index in [-0.39, 0.29) is 11.9 Å². The van der Waals surface area contributed by atoms with Crippen molar-refractivity contribution in [2.75, 3.05) is 0 Å². The third kappa shape index (κ3) is 3.82. The summed E-state index contributed by atoms with van der Waals surface area (Å²) < 4.78 is 0.867. The van der Waals surface area contributed by atoms with E-state index in [9.17, 15) is 4.79 Å². The molecule has 104 valence electrons. The molecular weight excluding hydrogens is 302 g/mol. The first-order chi connectivity index (χ1) is 9.08. The van der Waals surface area contributed by atoms with E-state index in [0.29, 0.717) is 5.92 Å². The molecule has 0 aliphatic heterocycles. The summed E-state index contributed by atoms with van der Waals surface area (Å²) in [7, 11) is 0. The van der Waals surface area contributed by atoms with Crippen LogP contribution in [0, 0.1) is 12.8 Å². The van der Waals surface area contributed by atoms with Crippen molar-refractivity contribution in [3.05, 3.63) is 33.8 Å². The molecule has 1 atom stereocenters. The van der Waals surface area contributed by atoms with Gasteiger partial charge in [0, 0.05) is 10.5 Å². The van der Waals surface area contributed by atoms with Gasteiger partial charge < -0.3 is 5.32 Å². The highest BCUT2D eigenvalue weighted by Gasteiger charge is 2.22. The van der Waals surface area contributed by atoms with E-state index in [4.69, 9.17) is 0 Å². The molecular formula is C16H22BrNO. The smallest absolute Gasteiger partial charge is 0.252 e. The predicted octanol–water partition coefficient (Wildman–Crippen LogP) is 4.46. The van der Waals surface area contributed by atoms with Crippen LogP contribution in [0.2, 0.25) is 0 Å². The van der Waals surface area contributed by atoms with Crippen molar-refractivity contribution in [2.24, 2.45) is 5.92 Å². The maximum atomic E-state index is 12.3. The molecule has 2 nitrogen and oxygen atoms in total. The Labute approximate surface area is 124 Å². The lowest BCUT2D eigenvalue weighted by molar-refractivity contribution is 0.0918. The van der Waals surface area contributed by atoms with Crippen LogP contribution >= 0.6 is 15.9 Å². The number of carbonyl (C=O) groups is 1. The lowest BCUT2D eigenvalue weighted by atomic mass is 9.84. The first kappa shape index (κ1) is 14.6. The molecule has 1 N–H and O–H groups in total. The molecule has 3 heteroatoms. The second kappa shape index (κ2) is 6.56. The van der Waals surface area contributed by atoms with Crippen LogP contribution in [0.4, 0.5) is 0 Å².